The van der Waals surface area contributed by atoms with E-state index in [9.17, 15) is 9.59 Å². The van der Waals surface area contributed by atoms with Crippen LogP contribution in [0.5, 0.6) is 0 Å². The van der Waals surface area contributed by atoms with E-state index < -0.39 is 5.54 Å². The lowest BCUT2D eigenvalue weighted by atomic mass is 9.88. The summed E-state index contributed by atoms with van der Waals surface area (Å²) >= 11 is 5.89. The number of nitrogens with zero attached hydrogens (tertiary/aromatic N) is 3. The minimum absolute atomic E-state index is 0.0939. The maximum Gasteiger partial charge on any atom is 0.326 e. The lowest BCUT2D eigenvalue weighted by Crippen LogP contribution is -2.54. The van der Waals surface area contributed by atoms with E-state index in [0.29, 0.717) is 24.4 Å². The number of halogens is 1. The maximum absolute atomic E-state index is 12.8. The highest BCUT2D eigenvalue weighted by molar-refractivity contribution is 6.30. The topological polar surface area (TPSA) is 55.9 Å². The van der Waals surface area contributed by atoms with Gasteiger partial charge in [-0.15, -0.1) is 0 Å². The predicted octanol–water partition coefficient (Wildman–Crippen LogP) is 1.75. The summed E-state index contributed by atoms with van der Waals surface area (Å²) in [6, 6.07) is 7.29. The van der Waals surface area contributed by atoms with Crippen molar-refractivity contribution in [3.63, 3.8) is 0 Å². The Hall–Kier alpha value is -1.63. The summed E-state index contributed by atoms with van der Waals surface area (Å²) in [4.78, 5) is 30.6. The highest BCUT2D eigenvalue weighted by Crippen LogP contribution is 2.29. The first-order valence-electron chi connectivity index (χ1n) is 8.15. The van der Waals surface area contributed by atoms with Crippen LogP contribution >= 0.6 is 11.6 Å². The molecule has 2 aliphatic rings. The summed E-state index contributed by atoms with van der Waals surface area (Å²) in [5.41, 5.74) is 0.382. The van der Waals surface area contributed by atoms with Crippen molar-refractivity contribution in [2.45, 2.75) is 24.9 Å². The number of benzene rings is 1. The summed E-state index contributed by atoms with van der Waals surface area (Å²) in [6.45, 7) is 2.57. The van der Waals surface area contributed by atoms with Crippen molar-refractivity contribution in [1.82, 2.24) is 20.0 Å². The number of rotatable bonds is 4. The van der Waals surface area contributed by atoms with Crippen molar-refractivity contribution in [1.29, 1.82) is 0 Å². The van der Waals surface area contributed by atoms with Crippen LogP contribution in [0.25, 0.3) is 0 Å². The molecular formula is C17H23ClN4O2. The molecule has 2 heterocycles. The zero-order valence-corrected chi connectivity index (χ0v) is 14.8. The number of amides is 3. The second-order valence-electron chi connectivity index (χ2n) is 6.83. The highest BCUT2D eigenvalue weighted by atomic mass is 35.5. The quantitative estimate of drug-likeness (QED) is 0.840. The molecule has 130 valence electrons. The molecule has 2 fully saturated rings. The predicted molar refractivity (Wildman–Crippen MR) is 92.6 cm³/mol. The van der Waals surface area contributed by atoms with E-state index in [1.54, 1.807) is 0 Å². The van der Waals surface area contributed by atoms with Gasteiger partial charge in [0.2, 0.25) is 0 Å². The van der Waals surface area contributed by atoms with Crippen LogP contribution in [0.1, 0.15) is 18.4 Å². The molecule has 1 N–H and O–H groups in total. The number of hydrogen-bond acceptors (Lipinski definition) is 4. The molecular weight excluding hydrogens is 328 g/mol. The van der Waals surface area contributed by atoms with E-state index in [1.165, 1.54) is 4.90 Å². The summed E-state index contributed by atoms with van der Waals surface area (Å²) < 4.78 is 0. The molecule has 0 atom stereocenters. The molecule has 0 aromatic heterocycles. The van der Waals surface area contributed by atoms with Gasteiger partial charge in [-0.1, -0.05) is 23.7 Å². The normalized spacial score (nSPS) is 20.9. The van der Waals surface area contributed by atoms with Crippen LogP contribution in [0.2, 0.25) is 5.02 Å². The van der Waals surface area contributed by atoms with Crippen molar-refractivity contribution in [2.75, 3.05) is 33.9 Å². The molecule has 3 rings (SSSR count). The number of imide groups is 1. The smallest absolute Gasteiger partial charge is 0.323 e. The molecule has 0 saturated carbocycles. The van der Waals surface area contributed by atoms with Crippen LogP contribution in [0.4, 0.5) is 4.79 Å². The average molecular weight is 351 g/mol. The lowest BCUT2D eigenvalue weighted by molar-refractivity contribution is -0.134. The monoisotopic (exact) mass is 350 g/mol. The number of likely N-dealkylation sites (tertiary alicyclic amines) is 1. The van der Waals surface area contributed by atoms with E-state index in [0.717, 1.165) is 18.7 Å². The molecule has 1 aromatic carbocycles. The van der Waals surface area contributed by atoms with Crippen molar-refractivity contribution in [3.05, 3.63) is 34.9 Å². The second-order valence-corrected chi connectivity index (χ2v) is 7.27. The minimum atomic E-state index is -0.704. The largest absolute Gasteiger partial charge is 0.326 e. The zero-order valence-electron chi connectivity index (χ0n) is 14.1. The Bertz CT molecular complexity index is 626. The zero-order chi connectivity index (χ0) is 17.3. The van der Waals surface area contributed by atoms with Gasteiger partial charge in [0.25, 0.3) is 5.91 Å². The summed E-state index contributed by atoms with van der Waals surface area (Å²) in [7, 11) is 3.93. The first-order chi connectivity index (χ1) is 11.4. The van der Waals surface area contributed by atoms with E-state index in [-0.39, 0.29) is 18.6 Å². The van der Waals surface area contributed by atoms with Gasteiger partial charge in [0, 0.05) is 24.7 Å². The number of carbonyl (C=O) groups excluding carboxylic acids is 2. The van der Waals surface area contributed by atoms with Gasteiger partial charge in [0.05, 0.1) is 6.67 Å². The van der Waals surface area contributed by atoms with E-state index in [1.807, 2.05) is 43.3 Å². The van der Waals surface area contributed by atoms with Crippen molar-refractivity contribution in [2.24, 2.45) is 0 Å². The van der Waals surface area contributed by atoms with Gasteiger partial charge in [0.1, 0.15) is 5.54 Å². The van der Waals surface area contributed by atoms with Gasteiger partial charge in [-0.3, -0.25) is 9.69 Å². The SMILES string of the molecule is CN1CCC2(CC1)NC(=O)N(CN(C)Cc1ccc(Cl)cc1)C2=O. The molecule has 1 aromatic rings. The first kappa shape index (κ1) is 17.2. The molecule has 24 heavy (non-hydrogen) atoms. The number of hydrogen-bond donors (Lipinski definition) is 1. The van der Waals surface area contributed by atoms with Crippen LogP contribution in [-0.2, 0) is 11.3 Å². The van der Waals surface area contributed by atoms with Crippen LogP contribution < -0.4 is 5.32 Å². The number of carbonyl (C=O) groups is 2. The molecule has 0 radical (unpaired) electrons. The molecule has 6 nitrogen and oxygen atoms in total. The highest BCUT2D eigenvalue weighted by Gasteiger charge is 2.52. The second kappa shape index (κ2) is 6.70. The van der Waals surface area contributed by atoms with Gasteiger partial charge in [-0.25, -0.2) is 9.69 Å². The molecule has 0 aliphatic carbocycles. The fraction of sp³-hybridized carbons (Fsp3) is 0.529. The van der Waals surface area contributed by atoms with Crippen LogP contribution in [0, 0.1) is 0 Å². The van der Waals surface area contributed by atoms with Crippen LogP contribution in [0.15, 0.2) is 24.3 Å². The Morgan fingerprint density at radius 2 is 1.83 bits per heavy atom. The third-order valence-electron chi connectivity index (χ3n) is 4.84. The fourth-order valence-corrected chi connectivity index (χ4v) is 3.46. The first-order valence-corrected chi connectivity index (χ1v) is 8.53. The maximum atomic E-state index is 12.8. The number of nitrogens with one attached hydrogen (secondary N) is 1. The summed E-state index contributed by atoms with van der Waals surface area (Å²) in [5, 5.41) is 3.63. The van der Waals surface area contributed by atoms with Crippen molar-refractivity contribution in [3.8, 4) is 0 Å². The van der Waals surface area contributed by atoms with Gasteiger partial charge >= 0.3 is 6.03 Å². The molecule has 0 bridgehead atoms. The Morgan fingerprint density at radius 1 is 1.21 bits per heavy atom. The van der Waals surface area contributed by atoms with Crippen LogP contribution in [0.3, 0.4) is 0 Å². The lowest BCUT2D eigenvalue weighted by Gasteiger charge is -2.35. The van der Waals surface area contributed by atoms with Crippen molar-refractivity contribution < 1.29 is 9.59 Å². The Morgan fingerprint density at radius 3 is 2.46 bits per heavy atom. The summed E-state index contributed by atoms with van der Waals surface area (Å²) in [6.07, 6.45) is 1.34. The Kier molecular flexibility index (Phi) is 4.80. The van der Waals surface area contributed by atoms with Crippen LogP contribution in [-0.4, -0.2) is 66.0 Å². The third-order valence-corrected chi connectivity index (χ3v) is 5.09. The molecule has 2 aliphatic heterocycles. The van der Waals surface area contributed by atoms with Crippen molar-refractivity contribution >= 4 is 23.5 Å². The standard InChI is InChI=1S/C17H23ClN4O2/c1-20-9-7-17(8-10-20)15(23)22(16(24)19-17)12-21(2)11-13-3-5-14(18)6-4-13/h3-6H,7-12H2,1-2H3,(H,19,24). The average Bonchev–Trinajstić information content (AvgIpc) is 2.77. The van der Waals surface area contributed by atoms with Gasteiger partial charge < -0.3 is 10.2 Å². The minimum Gasteiger partial charge on any atom is -0.323 e. The van der Waals surface area contributed by atoms with E-state index in [2.05, 4.69) is 10.2 Å². The van der Waals surface area contributed by atoms with Gasteiger partial charge in [0.15, 0.2) is 0 Å². The fourth-order valence-electron chi connectivity index (χ4n) is 3.34. The molecule has 2 saturated heterocycles. The van der Waals surface area contributed by atoms with E-state index in [4.69, 9.17) is 11.6 Å². The number of piperidine rings is 1. The Labute approximate surface area is 147 Å². The van der Waals surface area contributed by atoms with Gasteiger partial charge in [-0.2, -0.15) is 0 Å². The molecule has 3 amide bonds. The van der Waals surface area contributed by atoms with E-state index >= 15 is 0 Å². The molecule has 1 spiro atoms. The Balaban J connectivity index is 1.63. The summed E-state index contributed by atoms with van der Waals surface area (Å²) in [5.74, 6) is -0.0939. The molecule has 7 heteroatoms. The third kappa shape index (κ3) is 3.41. The van der Waals surface area contributed by atoms with Gasteiger partial charge in [-0.05, 0) is 44.6 Å². The number of urea groups is 1. The molecule has 0 unspecified atom stereocenters.